The van der Waals surface area contributed by atoms with E-state index in [0.29, 0.717) is 29.3 Å². The molecule has 1 N–H and O–H groups in total. The number of nitrogens with one attached hydrogen (secondary N) is 1. The lowest BCUT2D eigenvalue weighted by Crippen LogP contribution is -2.26. The first-order chi connectivity index (χ1) is 12.2. The SMILES string of the molecule is COc1ccc(Cl)cc1C(=O)NCCc1csc(-c2cnccn2)n1. The molecule has 0 unspecified atom stereocenters. The van der Waals surface area contributed by atoms with Gasteiger partial charge in [-0.25, -0.2) is 4.98 Å². The number of rotatable bonds is 6. The lowest BCUT2D eigenvalue weighted by atomic mass is 10.2. The number of amides is 1. The van der Waals surface area contributed by atoms with Crippen LogP contribution in [0.4, 0.5) is 0 Å². The van der Waals surface area contributed by atoms with Crippen LogP contribution in [0, 0.1) is 0 Å². The Morgan fingerprint density at radius 3 is 3.00 bits per heavy atom. The molecule has 3 aromatic rings. The Morgan fingerprint density at radius 2 is 2.24 bits per heavy atom. The Hall–Kier alpha value is -2.51. The molecule has 128 valence electrons. The average molecular weight is 375 g/mol. The van der Waals surface area contributed by atoms with Gasteiger partial charge in [0.25, 0.3) is 5.91 Å². The van der Waals surface area contributed by atoms with Crippen LogP contribution in [0.15, 0.2) is 42.2 Å². The maximum atomic E-state index is 12.3. The van der Waals surface area contributed by atoms with Crippen LogP contribution in [-0.2, 0) is 6.42 Å². The van der Waals surface area contributed by atoms with Crippen LogP contribution in [-0.4, -0.2) is 34.5 Å². The summed E-state index contributed by atoms with van der Waals surface area (Å²) in [5, 5.41) is 6.11. The van der Waals surface area contributed by atoms with E-state index < -0.39 is 0 Å². The van der Waals surface area contributed by atoms with E-state index in [4.69, 9.17) is 16.3 Å². The summed E-state index contributed by atoms with van der Waals surface area (Å²) in [6.45, 7) is 0.456. The van der Waals surface area contributed by atoms with E-state index >= 15 is 0 Å². The molecule has 6 nitrogen and oxygen atoms in total. The average Bonchev–Trinajstić information content (AvgIpc) is 3.11. The molecule has 0 aliphatic carbocycles. The number of hydrogen-bond donors (Lipinski definition) is 1. The smallest absolute Gasteiger partial charge is 0.255 e. The topological polar surface area (TPSA) is 77.0 Å². The van der Waals surface area contributed by atoms with Gasteiger partial charge in [-0.2, -0.15) is 0 Å². The number of halogens is 1. The van der Waals surface area contributed by atoms with Crippen molar-refractivity contribution in [3.63, 3.8) is 0 Å². The number of hydrogen-bond acceptors (Lipinski definition) is 6. The predicted octanol–water partition coefficient (Wildman–Crippen LogP) is 3.23. The second-order valence-corrected chi connectivity index (χ2v) is 6.38. The molecule has 1 amide bonds. The molecule has 1 aromatic carbocycles. The molecule has 2 heterocycles. The lowest BCUT2D eigenvalue weighted by Gasteiger charge is -2.09. The zero-order chi connectivity index (χ0) is 17.6. The summed E-state index contributed by atoms with van der Waals surface area (Å²) in [6.07, 6.45) is 5.55. The van der Waals surface area contributed by atoms with E-state index in [-0.39, 0.29) is 5.91 Å². The minimum Gasteiger partial charge on any atom is -0.496 e. The van der Waals surface area contributed by atoms with Crippen molar-refractivity contribution in [1.29, 1.82) is 0 Å². The fraction of sp³-hybridized carbons (Fsp3) is 0.176. The lowest BCUT2D eigenvalue weighted by molar-refractivity contribution is 0.0951. The van der Waals surface area contributed by atoms with Crippen LogP contribution in [0.5, 0.6) is 5.75 Å². The maximum absolute atomic E-state index is 12.3. The Bertz CT molecular complexity index is 870. The highest BCUT2D eigenvalue weighted by Crippen LogP contribution is 2.23. The third-order valence-corrected chi connectivity index (χ3v) is 4.56. The number of aromatic nitrogens is 3. The fourth-order valence-corrected chi connectivity index (χ4v) is 3.19. The van der Waals surface area contributed by atoms with Gasteiger partial charge in [-0.05, 0) is 18.2 Å². The van der Waals surface area contributed by atoms with E-state index in [0.717, 1.165) is 16.4 Å². The number of methoxy groups -OCH3 is 1. The molecule has 0 spiro atoms. The maximum Gasteiger partial charge on any atom is 0.255 e. The Labute approximate surface area is 153 Å². The third-order valence-electron chi connectivity index (χ3n) is 3.41. The number of thiazole rings is 1. The molecule has 0 aliphatic heterocycles. The van der Waals surface area contributed by atoms with Gasteiger partial charge in [0.2, 0.25) is 0 Å². The molecule has 2 aromatic heterocycles. The van der Waals surface area contributed by atoms with E-state index in [1.807, 2.05) is 5.38 Å². The normalized spacial score (nSPS) is 10.5. The van der Waals surface area contributed by atoms with Crippen molar-refractivity contribution >= 4 is 28.8 Å². The van der Waals surface area contributed by atoms with Crippen LogP contribution in [0.1, 0.15) is 16.1 Å². The van der Waals surface area contributed by atoms with Gasteiger partial charge in [0.15, 0.2) is 0 Å². The summed E-state index contributed by atoms with van der Waals surface area (Å²) < 4.78 is 5.20. The number of benzene rings is 1. The molecular weight excluding hydrogens is 360 g/mol. The quantitative estimate of drug-likeness (QED) is 0.716. The molecule has 0 bridgehead atoms. The molecule has 0 fully saturated rings. The van der Waals surface area contributed by atoms with Crippen molar-refractivity contribution in [3.8, 4) is 16.5 Å². The van der Waals surface area contributed by atoms with Gasteiger partial charge in [0.05, 0.1) is 24.6 Å². The summed E-state index contributed by atoms with van der Waals surface area (Å²) in [5.74, 6) is 0.254. The second kappa shape index (κ2) is 8.04. The monoisotopic (exact) mass is 374 g/mol. The van der Waals surface area contributed by atoms with Crippen molar-refractivity contribution in [2.45, 2.75) is 6.42 Å². The van der Waals surface area contributed by atoms with E-state index in [2.05, 4.69) is 20.3 Å². The van der Waals surface area contributed by atoms with Crippen LogP contribution in [0.2, 0.25) is 5.02 Å². The summed E-state index contributed by atoms with van der Waals surface area (Å²) in [4.78, 5) is 25.1. The predicted molar refractivity (Wildman–Crippen MR) is 97.2 cm³/mol. The Kier molecular flexibility index (Phi) is 5.57. The molecular formula is C17H15ClN4O2S. The highest BCUT2D eigenvalue weighted by atomic mass is 35.5. The summed E-state index contributed by atoms with van der Waals surface area (Å²) >= 11 is 7.46. The van der Waals surface area contributed by atoms with Gasteiger partial charge in [-0.3, -0.25) is 14.8 Å². The van der Waals surface area contributed by atoms with Crippen molar-refractivity contribution in [1.82, 2.24) is 20.3 Å². The van der Waals surface area contributed by atoms with Gasteiger partial charge in [-0.1, -0.05) is 11.6 Å². The molecule has 3 rings (SSSR count). The minimum atomic E-state index is -0.233. The summed E-state index contributed by atoms with van der Waals surface area (Å²) in [6, 6.07) is 4.94. The zero-order valence-electron chi connectivity index (χ0n) is 13.4. The molecule has 0 aliphatic rings. The molecule has 0 saturated heterocycles. The first-order valence-electron chi connectivity index (χ1n) is 7.50. The fourth-order valence-electron chi connectivity index (χ4n) is 2.21. The first kappa shape index (κ1) is 17.3. The number of nitrogens with zero attached hydrogens (tertiary/aromatic N) is 3. The third kappa shape index (κ3) is 4.32. The van der Waals surface area contributed by atoms with Gasteiger partial charge in [-0.15, -0.1) is 11.3 Å². The van der Waals surface area contributed by atoms with Crippen LogP contribution in [0.3, 0.4) is 0 Å². The summed E-state index contributed by atoms with van der Waals surface area (Å²) in [5.41, 5.74) is 2.05. The zero-order valence-corrected chi connectivity index (χ0v) is 15.0. The van der Waals surface area contributed by atoms with Gasteiger partial charge >= 0.3 is 0 Å². The standard InChI is InChI=1S/C17H15ClN4O2S/c1-24-15-3-2-11(18)8-13(15)16(23)21-5-4-12-10-25-17(22-12)14-9-19-6-7-20-14/h2-3,6-10H,4-5H2,1H3,(H,21,23). The molecule has 0 radical (unpaired) electrons. The van der Waals surface area contributed by atoms with Crippen LogP contribution >= 0.6 is 22.9 Å². The highest BCUT2D eigenvalue weighted by Gasteiger charge is 2.13. The second-order valence-electron chi connectivity index (χ2n) is 5.09. The van der Waals surface area contributed by atoms with E-state index in [1.165, 1.54) is 18.4 Å². The molecule has 0 atom stereocenters. The first-order valence-corrected chi connectivity index (χ1v) is 8.75. The van der Waals surface area contributed by atoms with E-state index in [1.54, 1.807) is 36.8 Å². The Morgan fingerprint density at radius 1 is 1.36 bits per heavy atom. The van der Waals surface area contributed by atoms with Crippen LogP contribution in [0.25, 0.3) is 10.7 Å². The minimum absolute atomic E-state index is 0.233. The van der Waals surface area contributed by atoms with Crippen molar-refractivity contribution in [3.05, 3.63) is 58.4 Å². The summed E-state index contributed by atoms with van der Waals surface area (Å²) in [7, 11) is 1.52. The van der Waals surface area contributed by atoms with Crippen LogP contribution < -0.4 is 10.1 Å². The van der Waals surface area contributed by atoms with Crippen molar-refractivity contribution < 1.29 is 9.53 Å². The number of ether oxygens (including phenoxy) is 1. The highest BCUT2D eigenvalue weighted by molar-refractivity contribution is 7.13. The van der Waals surface area contributed by atoms with E-state index in [9.17, 15) is 4.79 Å². The van der Waals surface area contributed by atoms with Gasteiger partial charge in [0, 0.05) is 35.8 Å². The van der Waals surface area contributed by atoms with Gasteiger partial charge < -0.3 is 10.1 Å². The number of carbonyl (C=O) groups is 1. The molecule has 0 saturated carbocycles. The van der Waals surface area contributed by atoms with Gasteiger partial charge in [0.1, 0.15) is 16.5 Å². The van der Waals surface area contributed by atoms with Crippen molar-refractivity contribution in [2.24, 2.45) is 0 Å². The van der Waals surface area contributed by atoms with Crippen molar-refractivity contribution in [2.75, 3.05) is 13.7 Å². The molecule has 8 heteroatoms. The largest absolute Gasteiger partial charge is 0.496 e. The molecule has 25 heavy (non-hydrogen) atoms. The number of carbonyl (C=O) groups excluding carboxylic acids is 1. The Balaban J connectivity index is 1.59.